The van der Waals surface area contributed by atoms with E-state index in [1.807, 2.05) is 6.08 Å². The maximum Gasteiger partial charge on any atom is 0.114 e. The van der Waals surface area contributed by atoms with Crippen molar-refractivity contribution >= 4 is 0 Å². The lowest BCUT2D eigenvalue weighted by molar-refractivity contribution is -0.0716. The van der Waals surface area contributed by atoms with Gasteiger partial charge in [0.05, 0.1) is 19.8 Å². The Hall–Kier alpha value is -0.460. The molecule has 5 heteroatoms. The molecule has 0 bridgehead atoms. The first-order valence-electron chi connectivity index (χ1n) is 8.55. The standard InChI is InChI=1S/C17H32O5/c1-2-3-4-5-6-7-8-9-10-11-21-15-13-22-17(16(15)20)14(19)12-18/h9-10,14-20H,2-8,11-13H2,1H3/b10-9+/t14-,15+,16+,17+/m1/s1. The van der Waals surface area contributed by atoms with Crippen LogP contribution in [0, 0.1) is 0 Å². The average molecular weight is 316 g/mol. The number of ether oxygens (including phenoxy) is 2. The Morgan fingerprint density at radius 3 is 2.64 bits per heavy atom. The van der Waals surface area contributed by atoms with E-state index in [2.05, 4.69) is 13.0 Å². The molecule has 3 N–H and O–H groups in total. The second-order valence-electron chi connectivity index (χ2n) is 5.94. The van der Waals surface area contributed by atoms with Gasteiger partial charge in [-0.15, -0.1) is 0 Å². The zero-order valence-electron chi connectivity index (χ0n) is 13.7. The van der Waals surface area contributed by atoms with Gasteiger partial charge in [0.25, 0.3) is 0 Å². The van der Waals surface area contributed by atoms with E-state index in [-0.39, 0.29) is 6.61 Å². The van der Waals surface area contributed by atoms with Gasteiger partial charge in [0, 0.05) is 0 Å². The molecule has 1 heterocycles. The minimum Gasteiger partial charge on any atom is -0.394 e. The van der Waals surface area contributed by atoms with Crippen molar-refractivity contribution in [2.24, 2.45) is 0 Å². The molecule has 4 atom stereocenters. The zero-order valence-corrected chi connectivity index (χ0v) is 13.7. The molecule has 0 saturated carbocycles. The highest BCUT2D eigenvalue weighted by Crippen LogP contribution is 2.20. The smallest absolute Gasteiger partial charge is 0.114 e. The summed E-state index contributed by atoms with van der Waals surface area (Å²) in [5.41, 5.74) is 0. The van der Waals surface area contributed by atoms with E-state index < -0.39 is 31.0 Å². The maximum absolute atomic E-state index is 9.95. The largest absolute Gasteiger partial charge is 0.394 e. The first-order chi connectivity index (χ1) is 10.7. The number of hydrogen-bond donors (Lipinski definition) is 3. The van der Waals surface area contributed by atoms with Gasteiger partial charge in [-0.1, -0.05) is 51.2 Å². The number of allylic oxidation sites excluding steroid dienone is 1. The number of aliphatic hydroxyl groups is 3. The fourth-order valence-electron chi connectivity index (χ4n) is 2.61. The Bertz CT molecular complexity index is 295. The Morgan fingerprint density at radius 2 is 1.91 bits per heavy atom. The molecule has 22 heavy (non-hydrogen) atoms. The van der Waals surface area contributed by atoms with Crippen LogP contribution in [0.25, 0.3) is 0 Å². The first kappa shape index (κ1) is 19.6. The quantitative estimate of drug-likeness (QED) is 0.378. The monoisotopic (exact) mass is 316 g/mol. The molecular weight excluding hydrogens is 284 g/mol. The number of unbranched alkanes of at least 4 members (excludes halogenated alkanes) is 6. The van der Waals surface area contributed by atoms with Gasteiger partial charge < -0.3 is 24.8 Å². The van der Waals surface area contributed by atoms with E-state index in [9.17, 15) is 10.2 Å². The highest BCUT2D eigenvalue weighted by Gasteiger charge is 2.40. The molecule has 1 fully saturated rings. The van der Waals surface area contributed by atoms with Gasteiger partial charge in [-0.2, -0.15) is 0 Å². The molecule has 0 aromatic rings. The molecular formula is C17H32O5. The van der Waals surface area contributed by atoms with Gasteiger partial charge in [0.2, 0.25) is 0 Å². The van der Waals surface area contributed by atoms with E-state index in [4.69, 9.17) is 14.6 Å². The summed E-state index contributed by atoms with van der Waals surface area (Å²) < 4.78 is 10.8. The van der Waals surface area contributed by atoms with E-state index in [1.54, 1.807) is 0 Å². The summed E-state index contributed by atoms with van der Waals surface area (Å²) in [6.07, 6.45) is 9.74. The van der Waals surface area contributed by atoms with Crippen molar-refractivity contribution in [3.63, 3.8) is 0 Å². The highest BCUT2D eigenvalue weighted by atomic mass is 16.6. The highest BCUT2D eigenvalue weighted by molar-refractivity contribution is 4.90. The summed E-state index contributed by atoms with van der Waals surface area (Å²) in [5, 5.41) is 28.3. The van der Waals surface area contributed by atoms with Gasteiger partial charge >= 0.3 is 0 Å². The fourth-order valence-corrected chi connectivity index (χ4v) is 2.61. The molecule has 1 saturated heterocycles. The third-order valence-electron chi connectivity index (χ3n) is 4.03. The van der Waals surface area contributed by atoms with Crippen molar-refractivity contribution in [2.75, 3.05) is 19.8 Å². The normalized spacial score (nSPS) is 26.8. The van der Waals surface area contributed by atoms with Crippen LogP contribution < -0.4 is 0 Å². The minimum absolute atomic E-state index is 0.244. The van der Waals surface area contributed by atoms with E-state index in [1.165, 1.54) is 38.5 Å². The lowest BCUT2D eigenvalue weighted by atomic mass is 10.1. The molecule has 130 valence electrons. The zero-order chi connectivity index (χ0) is 16.2. The van der Waals surface area contributed by atoms with Gasteiger partial charge in [0.1, 0.15) is 24.4 Å². The Balaban J connectivity index is 2.03. The molecule has 1 rings (SSSR count). The molecule has 0 unspecified atom stereocenters. The van der Waals surface area contributed by atoms with Crippen molar-refractivity contribution < 1.29 is 24.8 Å². The molecule has 0 radical (unpaired) electrons. The van der Waals surface area contributed by atoms with E-state index in [0.717, 1.165) is 6.42 Å². The molecule has 0 amide bonds. The SMILES string of the molecule is CCCCCCCC/C=C/CO[C@H]1CO[C@@H]([C@H](O)CO)[C@H]1O. The summed E-state index contributed by atoms with van der Waals surface area (Å²) in [5.74, 6) is 0. The van der Waals surface area contributed by atoms with Gasteiger partial charge in [-0.3, -0.25) is 0 Å². The fraction of sp³-hybridized carbons (Fsp3) is 0.882. The van der Waals surface area contributed by atoms with Crippen LogP contribution in [-0.4, -0.2) is 59.6 Å². The second-order valence-corrected chi connectivity index (χ2v) is 5.94. The lowest BCUT2D eigenvalue weighted by Gasteiger charge is -2.20. The van der Waals surface area contributed by atoms with Crippen LogP contribution in [0.5, 0.6) is 0 Å². The summed E-state index contributed by atoms with van der Waals surface area (Å²) in [6, 6.07) is 0. The van der Waals surface area contributed by atoms with Gasteiger partial charge in [-0.25, -0.2) is 0 Å². The van der Waals surface area contributed by atoms with Crippen molar-refractivity contribution in [1.82, 2.24) is 0 Å². The van der Waals surface area contributed by atoms with Crippen LogP contribution in [0.4, 0.5) is 0 Å². The molecule has 0 aromatic carbocycles. The van der Waals surface area contributed by atoms with Crippen molar-refractivity contribution in [3.8, 4) is 0 Å². The molecule has 0 spiro atoms. The topological polar surface area (TPSA) is 79.2 Å². The van der Waals surface area contributed by atoms with Crippen molar-refractivity contribution in [3.05, 3.63) is 12.2 Å². The van der Waals surface area contributed by atoms with Gasteiger partial charge in [0.15, 0.2) is 0 Å². The van der Waals surface area contributed by atoms with Crippen LogP contribution in [-0.2, 0) is 9.47 Å². The second kappa shape index (κ2) is 12.0. The molecule has 5 nitrogen and oxygen atoms in total. The van der Waals surface area contributed by atoms with E-state index >= 15 is 0 Å². The number of aliphatic hydroxyl groups excluding tert-OH is 3. The summed E-state index contributed by atoms with van der Waals surface area (Å²) in [6.45, 7) is 2.48. The average Bonchev–Trinajstić information content (AvgIpc) is 2.89. The van der Waals surface area contributed by atoms with Crippen molar-refractivity contribution in [1.29, 1.82) is 0 Å². The van der Waals surface area contributed by atoms with Crippen LogP contribution in [0.1, 0.15) is 51.9 Å². The molecule has 0 aliphatic carbocycles. The summed E-state index contributed by atoms with van der Waals surface area (Å²) in [4.78, 5) is 0. The summed E-state index contributed by atoms with van der Waals surface area (Å²) >= 11 is 0. The van der Waals surface area contributed by atoms with E-state index in [0.29, 0.717) is 6.61 Å². The van der Waals surface area contributed by atoms with Gasteiger partial charge in [-0.05, 0) is 12.8 Å². The van der Waals surface area contributed by atoms with Crippen molar-refractivity contribution in [2.45, 2.75) is 76.3 Å². The Morgan fingerprint density at radius 1 is 1.18 bits per heavy atom. The first-order valence-corrected chi connectivity index (χ1v) is 8.55. The summed E-state index contributed by atoms with van der Waals surface area (Å²) in [7, 11) is 0. The number of rotatable bonds is 12. The minimum atomic E-state index is -1.06. The Kier molecular flexibility index (Phi) is 10.7. The molecule has 0 aromatic heterocycles. The number of hydrogen-bond acceptors (Lipinski definition) is 5. The lowest BCUT2D eigenvalue weighted by Crippen LogP contribution is -2.41. The van der Waals surface area contributed by atoms with Crippen LogP contribution in [0.3, 0.4) is 0 Å². The Labute approximate surface area is 133 Å². The third-order valence-corrected chi connectivity index (χ3v) is 4.03. The van der Waals surface area contributed by atoms with Crippen LogP contribution in [0.2, 0.25) is 0 Å². The maximum atomic E-state index is 9.95. The molecule has 1 aliphatic rings. The predicted molar refractivity (Wildman–Crippen MR) is 85.7 cm³/mol. The predicted octanol–water partition coefficient (Wildman–Crippen LogP) is 1.79. The molecule has 1 aliphatic heterocycles. The van der Waals surface area contributed by atoms with Crippen LogP contribution in [0.15, 0.2) is 12.2 Å². The third kappa shape index (κ3) is 7.20. The van der Waals surface area contributed by atoms with Crippen LogP contribution >= 0.6 is 0 Å².